The van der Waals surface area contributed by atoms with Crippen molar-refractivity contribution in [3.63, 3.8) is 0 Å². The highest BCUT2D eigenvalue weighted by Crippen LogP contribution is 2.52. The van der Waals surface area contributed by atoms with Crippen molar-refractivity contribution in [2.24, 2.45) is 11.3 Å². The van der Waals surface area contributed by atoms with Crippen LogP contribution in [0.25, 0.3) is 0 Å². The summed E-state index contributed by atoms with van der Waals surface area (Å²) in [5, 5.41) is 0. The molecule has 3 aliphatic rings. The lowest BCUT2D eigenvalue weighted by Gasteiger charge is -2.52. The fraction of sp³-hybridized carbons (Fsp3) is 0.850. The first kappa shape index (κ1) is 18.7. The molecule has 5 nitrogen and oxygen atoms in total. The Morgan fingerprint density at radius 3 is 2.36 bits per heavy atom. The van der Waals surface area contributed by atoms with Crippen LogP contribution in [0.3, 0.4) is 0 Å². The van der Waals surface area contributed by atoms with Crippen LogP contribution in [-0.2, 0) is 9.53 Å². The molecule has 1 amide bonds. The first-order valence-electron chi connectivity index (χ1n) is 9.98. The Kier molecular flexibility index (Phi) is 6.05. The summed E-state index contributed by atoms with van der Waals surface area (Å²) in [7, 11) is 0. The molecule has 0 aromatic heterocycles. The van der Waals surface area contributed by atoms with Gasteiger partial charge in [-0.25, -0.2) is 0 Å². The van der Waals surface area contributed by atoms with E-state index in [0.29, 0.717) is 24.0 Å². The average Bonchev–Trinajstić information content (AvgIpc) is 2.59. The molecule has 2 aliphatic heterocycles. The summed E-state index contributed by atoms with van der Waals surface area (Å²) in [4.78, 5) is 19.1. The molecule has 0 aromatic carbocycles. The highest BCUT2D eigenvalue weighted by molar-refractivity contribution is 5.78. The molecule has 25 heavy (non-hydrogen) atoms. The van der Waals surface area contributed by atoms with Gasteiger partial charge in [0.25, 0.3) is 0 Å². The maximum absolute atomic E-state index is 12.5. The topological polar surface area (TPSA) is 36.0 Å². The van der Waals surface area contributed by atoms with Crippen molar-refractivity contribution >= 4 is 5.91 Å². The van der Waals surface area contributed by atoms with Gasteiger partial charge in [0.05, 0.1) is 12.6 Å². The number of amides is 1. The van der Waals surface area contributed by atoms with Crippen LogP contribution in [0.5, 0.6) is 0 Å². The largest absolute Gasteiger partial charge is 0.379 e. The molecule has 0 N–H and O–H groups in total. The van der Waals surface area contributed by atoms with Gasteiger partial charge in [0.1, 0.15) is 0 Å². The van der Waals surface area contributed by atoms with Crippen molar-refractivity contribution < 1.29 is 9.53 Å². The van der Waals surface area contributed by atoms with Crippen molar-refractivity contribution in [3.8, 4) is 0 Å². The van der Waals surface area contributed by atoms with Crippen molar-refractivity contribution in [2.75, 3.05) is 52.4 Å². The van der Waals surface area contributed by atoms with Crippen molar-refractivity contribution in [1.29, 1.82) is 0 Å². The summed E-state index contributed by atoms with van der Waals surface area (Å²) >= 11 is 0. The molecule has 5 heteroatoms. The van der Waals surface area contributed by atoms with Crippen LogP contribution in [-0.4, -0.2) is 79.1 Å². The fourth-order valence-corrected chi connectivity index (χ4v) is 4.65. The second-order valence-electron chi connectivity index (χ2n) is 8.53. The Balaban J connectivity index is 1.35. The van der Waals surface area contributed by atoms with E-state index in [0.717, 1.165) is 51.8 Å². The third-order valence-corrected chi connectivity index (χ3v) is 6.31. The number of piperazine rings is 1. The number of carbonyl (C=O) groups is 1. The second kappa shape index (κ2) is 8.09. The van der Waals surface area contributed by atoms with E-state index in [2.05, 4.69) is 30.2 Å². The van der Waals surface area contributed by atoms with Gasteiger partial charge in [-0.15, -0.1) is 0 Å². The number of rotatable bonds is 6. The number of hydrogen-bond donors (Lipinski definition) is 0. The Morgan fingerprint density at radius 1 is 1.16 bits per heavy atom. The van der Waals surface area contributed by atoms with Crippen LogP contribution in [0.2, 0.25) is 0 Å². The maximum atomic E-state index is 12.5. The monoisotopic (exact) mass is 349 g/mol. The molecule has 0 radical (unpaired) electrons. The smallest absolute Gasteiger partial charge is 0.236 e. The molecule has 1 spiro atoms. The summed E-state index contributed by atoms with van der Waals surface area (Å²) in [6, 6.07) is 0. The molecule has 0 bridgehead atoms. The van der Waals surface area contributed by atoms with Gasteiger partial charge in [0, 0.05) is 32.8 Å². The summed E-state index contributed by atoms with van der Waals surface area (Å²) in [5.41, 5.74) is 0.556. The number of likely N-dealkylation sites (tertiary alicyclic amines) is 1. The van der Waals surface area contributed by atoms with E-state index >= 15 is 0 Å². The number of nitrogens with zero attached hydrogens (tertiary/aromatic N) is 3. The molecule has 1 aliphatic carbocycles. The Hall–Kier alpha value is -1.07. The van der Waals surface area contributed by atoms with E-state index < -0.39 is 0 Å². The molecule has 1 saturated carbocycles. The maximum Gasteiger partial charge on any atom is 0.236 e. The molecular weight excluding hydrogens is 314 g/mol. The van der Waals surface area contributed by atoms with Gasteiger partial charge in [-0.3, -0.25) is 9.69 Å². The normalized spacial score (nSPS) is 24.6. The summed E-state index contributed by atoms with van der Waals surface area (Å²) in [6.45, 7) is 15.2. The number of ether oxygens (including phenoxy) is 1. The zero-order valence-corrected chi connectivity index (χ0v) is 16.1. The van der Waals surface area contributed by atoms with Gasteiger partial charge in [0.15, 0.2) is 0 Å². The quantitative estimate of drug-likeness (QED) is 0.736. The van der Waals surface area contributed by atoms with Crippen molar-refractivity contribution in [2.45, 2.75) is 45.6 Å². The Bertz CT molecular complexity index is 456. The minimum Gasteiger partial charge on any atom is -0.379 e. The predicted octanol–water partition coefficient (Wildman–Crippen LogP) is 2.19. The molecule has 2 saturated heterocycles. The Labute approximate surface area is 153 Å². The van der Waals surface area contributed by atoms with Gasteiger partial charge in [-0.2, -0.15) is 0 Å². The van der Waals surface area contributed by atoms with E-state index in [9.17, 15) is 4.79 Å². The van der Waals surface area contributed by atoms with E-state index in [-0.39, 0.29) is 0 Å². The zero-order valence-electron chi connectivity index (χ0n) is 16.1. The van der Waals surface area contributed by atoms with Crippen LogP contribution >= 0.6 is 0 Å². The van der Waals surface area contributed by atoms with E-state index in [1.54, 1.807) is 0 Å². The summed E-state index contributed by atoms with van der Waals surface area (Å²) < 4.78 is 5.77. The second-order valence-corrected chi connectivity index (χ2v) is 8.53. The van der Waals surface area contributed by atoms with Gasteiger partial charge in [-0.1, -0.05) is 6.58 Å². The third kappa shape index (κ3) is 4.76. The highest BCUT2D eigenvalue weighted by Gasteiger charge is 2.45. The van der Waals surface area contributed by atoms with Crippen LogP contribution in [0.1, 0.15) is 39.5 Å². The Morgan fingerprint density at radius 2 is 1.80 bits per heavy atom. The summed E-state index contributed by atoms with van der Waals surface area (Å²) in [6.07, 6.45) is 7.38. The minimum atomic E-state index is 0.302. The minimum absolute atomic E-state index is 0.302. The molecule has 142 valence electrons. The first-order chi connectivity index (χ1) is 12.0. The van der Waals surface area contributed by atoms with Crippen molar-refractivity contribution in [1.82, 2.24) is 14.7 Å². The molecule has 2 heterocycles. The van der Waals surface area contributed by atoms with Crippen LogP contribution < -0.4 is 0 Å². The van der Waals surface area contributed by atoms with E-state index in [4.69, 9.17) is 4.74 Å². The van der Waals surface area contributed by atoms with Crippen LogP contribution in [0.4, 0.5) is 0 Å². The molecule has 0 unspecified atom stereocenters. The van der Waals surface area contributed by atoms with Gasteiger partial charge < -0.3 is 14.5 Å². The lowest BCUT2D eigenvalue weighted by atomic mass is 9.58. The van der Waals surface area contributed by atoms with E-state index in [1.807, 2.05) is 11.1 Å². The highest BCUT2D eigenvalue weighted by atomic mass is 16.5. The SMILES string of the molecule is C=CN1CCN(C(=O)CN2CCC3(CC2)CC(COC(C)C)C3)CC1. The predicted molar refractivity (Wildman–Crippen MR) is 100 cm³/mol. The van der Waals surface area contributed by atoms with Crippen LogP contribution in [0, 0.1) is 11.3 Å². The summed E-state index contributed by atoms with van der Waals surface area (Å²) in [5.74, 6) is 1.06. The lowest BCUT2D eigenvalue weighted by molar-refractivity contribution is -0.135. The van der Waals surface area contributed by atoms with E-state index in [1.165, 1.54) is 25.7 Å². The van der Waals surface area contributed by atoms with Crippen LogP contribution in [0.15, 0.2) is 12.8 Å². The molecule has 0 atom stereocenters. The average molecular weight is 350 g/mol. The van der Waals surface area contributed by atoms with Gasteiger partial charge in [0.2, 0.25) is 5.91 Å². The van der Waals surface area contributed by atoms with Gasteiger partial charge in [-0.05, 0) is 70.2 Å². The molecular formula is C20H35N3O2. The first-order valence-corrected chi connectivity index (χ1v) is 9.98. The fourth-order valence-electron chi connectivity index (χ4n) is 4.65. The number of piperidine rings is 1. The zero-order chi connectivity index (χ0) is 17.9. The number of hydrogen-bond acceptors (Lipinski definition) is 4. The van der Waals surface area contributed by atoms with Crippen molar-refractivity contribution in [3.05, 3.63) is 12.8 Å². The molecule has 0 aromatic rings. The molecule has 3 fully saturated rings. The number of carbonyl (C=O) groups excluding carboxylic acids is 1. The third-order valence-electron chi connectivity index (χ3n) is 6.31. The lowest BCUT2D eigenvalue weighted by Crippen LogP contribution is -2.52. The van der Waals surface area contributed by atoms with Gasteiger partial charge >= 0.3 is 0 Å². The standard InChI is InChI=1S/C20H35N3O2/c1-4-21-9-11-23(12-10-21)19(24)15-22-7-5-20(6-8-22)13-18(14-20)16-25-17(2)3/h4,17-18H,1,5-16H2,2-3H3. The molecule has 3 rings (SSSR count).